The average Bonchev–Trinajstić information content (AvgIpc) is 2.56. The van der Waals surface area contributed by atoms with Crippen molar-refractivity contribution in [3.63, 3.8) is 0 Å². The molecule has 0 aliphatic heterocycles. The van der Waals surface area contributed by atoms with Gasteiger partial charge < -0.3 is 10.1 Å². The van der Waals surface area contributed by atoms with Gasteiger partial charge in [0.2, 0.25) is 5.95 Å². The summed E-state index contributed by atoms with van der Waals surface area (Å²) in [5.41, 5.74) is 3.24. The van der Waals surface area contributed by atoms with Crippen LogP contribution in [0.5, 0.6) is 5.75 Å². The standard InChI is InChI=1S/C19H20FN3O/c1-11(2)17-16(24-4)8-5-13-10-21-19(23-18(13)17)22-14-6-7-15(20)12(3)9-14/h5-11H,1-4H3,(H,21,22,23). The van der Waals surface area contributed by atoms with Crippen LogP contribution in [0.4, 0.5) is 16.0 Å². The number of benzene rings is 2. The van der Waals surface area contributed by atoms with Gasteiger partial charge in [-0.2, -0.15) is 0 Å². The van der Waals surface area contributed by atoms with E-state index in [1.807, 2.05) is 12.1 Å². The van der Waals surface area contributed by atoms with E-state index < -0.39 is 0 Å². The lowest BCUT2D eigenvalue weighted by molar-refractivity contribution is 0.408. The van der Waals surface area contributed by atoms with Gasteiger partial charge in [-0.25, -0.2) is 14.4 Å². The van der Waals surface area contributed by atoms with Crippen molar-refractivity contribution in [2.45, 2.75) is 26.7 Å². The fraction of sp³-hybridized carbons (Fsp3) is 0.263. The van der Waals surface area contributed by atoms with Crippen molar-refractivity contribution in [1.29, 1.82) is 0 Å². The molecule has 0 spiro atoms. The minimum absolute atomic E-state index is 0.230. The van der Waals surface area contributed by atoms with E-state index in [0.717, 1.165) is 27.9 Å². The second-order valence-corrected chi connectivity index (χ2v) is 6.06. The molecule has 0 atom stereocenters. The molecule has 5 heteroatoms. The Hall–Kier alpha value is -2.69. The molecule has 0 amide bonds. The molecule has 0 radical (unpaired) electrons. The van der Waals surface area contributed by atoms with Gasteiger partial charge in [-0.05, 0) is 48.7 Å². The minimum atomic E-state index is -0.230. The summed E-state index contributed by atoms with van der Waals surface area (Å²) in [5, 5.41) is 4.10. The summed E-state index contributed by atoms with van der Waals surface area (Å²) < 4.78 is 18.9. The Morgan fingerprint density at radius 3 is 2.62 bits per heavy atom. The molecule has 0 saturated heterocycles. The van der Waals surface area contributed by atoms with E-state index in [1.54, 1.807) is 32.4 Å². The largest absolute Gasteiger partial charge is 0.496 e. The number of halogens is 1. The zero-order valence-electron chi connectivity index (χ0n) is 14.2. The van der Waals surface area contributed by atoms with Crippen molar-refractivity contribution in [1.82, 2.24) is 9.97 Å². The van der Waals surface area contributed by atoms with Crippen molar-refractivity contribution in [3.8, 4) is 5.75 Å². The van der Waals surface area contributed by atoms with Gasteiger partial charge in [0.25, 0.3) is 0 Å². The Morgan fingerprint density at radius 1 is 1.17 bits per heavy atom. The zero-order chi connectivity index (χ0) is 17.3. The summed E-state index contributed by atoms with van der Waals surface area (Å²) in [6.07, 6.45) is 1.78. The fourth-order valence-corrected chi connectivity index (χ4v) is 2.75. The minimum Gasteiger partial charge on any atom is -0.496 e. The lowest BCUT2D eigenvalue weighted by Gasteiger charge is -2.15. The van der Waals surface area contributed by atoms with Crippen LogP contribution in [-0.2, 0) is 0 Å². The third kappa shape index (κ3) is 3.02. The number of hydrogen-bond acceptors (Lipinski definition) is 4. The molecule has 0 bridgehead atoms. The number of methoxy groups -OCH3 is 1. The van der Waals surface area contributed by atoms with Crippen molar-refractivity contribution in [2.75, 3.05) is 12.4 Å². The number of aromatic nitrogens is 2. The first-order chi connectivity index (χ1) is 11.5. The maximum Gasteiger partial charge on any atom is 0.227 e. The maximum atomic E-state index is 13.4. The number of nitrogens with one attached hydrogen (secondary N) is 1. The van der Waals surface area contributed by atoms with Gasteiger partial charge >= 0.3 is 0 Å². The molecule has 3 rings (SSSR count). The van der Waals surface area contributed by atoms with E-state index >= 15 is 0 Å². The van der Waals surface area contributed by atoms with E-state index in [1.165, 1.54) is 6.07 Å². The number of nitrogens with zero attached hydrogens (tertiary/aromatic N) is 2. The SMILES string of the molecule is COc1ccc2cnc(Nc3ccc(F)c(C)c3)nc2c1C(C)C. The van der Waals surface area contributed by atoms with Crippen molar-refractivity contribution in [3.05, 3.63) is 53.5 Å². The molecule has 24 heavy (non-hydrogen) atoms. The van der Waals surface area contributed by atoms with Crippen LogP contribution in [0.25, 0.3) is 10.9 Å². The van der Waals surface area contributed by atoms with E-state index in [4.69, 9.17) is 4.74 Å². The number of hydrogen-bond donors (Lipinski definition) is 1. The Balaban J connectivity index is 2.06. The van der Waals surface area contributed by atoms with Gasteiger partial charge in [0, 0.05) is 22.8 Å². The zero-order valence-corrected chi connectivity index (χ0v) is 14.2. The molecule has 0 saturated carbocycles. The van der Waals surface area contributed by atoms with Crippen LogP contribution in [-0.4, -0.2) is 17.1 Å². The molecule has 0 unspecified atom stereocenters. The van der Waals surface area contributed by atoms with E-state index in [2.05, 4.69) is 29.1 Å². The first-order valence-electron chi connectivity index (χ1n) is 7.86. The summed E-state index contributed by atoms with van der Waals surface area (Å²) in [6, 6.07) is 8.73. The van der Waals surface area contributed by atoms with Crippen LogP contribution >= 0.6 is 0 Å². The molecule has 0 fully saturated rings. The maximum absolute atomic E-state index is 13.4. The van der Waals surface area contributed by atoms with Crippen LogP contribution in [0.1, 0.15) is 30.9 Å². The number of rotatable bonds is 4. The van der Waals surface area contributed by atoms with Crippen LogP contribution in [0, 0.1) is 12.7 Å². The Kier molecular flexibility index (Phi) is 4.34. The molecular weight excluding hydrogens is 305 g/mol. The van der Waals surface area contributed by atoms with Gasteiger partial charge in [0.15, 0.2) is 0 Å². The van der Waals surface area contributed by atoms with E-state index in [9.17, 15) is 4.39 Å². The number of aryl methyl sites for hydroxylation is 1. The Bertz CT molecular complexity index is 893. The van der Waals surface area contributed by atoms with Crippen molar-refractivity contribution >= 4 is 22.5 Å². The number of ether oxygens (including phenoxy) is 1. The molecule has 1 aromatic heterocycles. The molecule has 0 aliphatic carbocycles. The fourth-order valence-electron chi connectivity index (χ4n) is 2.75. The predicted octanol–water partition coefficient (Wildman–Crippen LogP) is 4.95. The quantitative estimate of drug-likeness (QED) is 0.737. The third-order valence-corrected chi connectivity index (χ3v) is 3.96. The van der Waals surface area contributed by atoms with Crippen molar-refractivity contribution in [2.24, 2.45) is 0 Å². The molecule has 3 aromatic rings. The Labute approximate surface area is 140 Å². The van der Waals surface area contributed by atoms with Gasteiger partial charge in [-0.1, -0.05) is 13.8 Å². The van der Waals surface area contributed by atoms with Crippen molar-refractivity contribution < 1.29 is 9.13 Å². The van der Waals surface area contributed by atoms with Gasteiger partial charge in [-0.3, -0.25) is 0 Å². The molecule has 2 aromatic carbocycles. The van der Waals surface area contributed by atoms with E-state index in [-0.39, 0.29) is 11.7 Å². The smallest absolute Gasteiger partial charge is 0.227 e. The Morgan fingerprint density at radius 2 is 1.96 bits per heavy atom. The van der Waals surface area contributed by atoms with Gasteiger partial charge in [0.05, 0.1) is 12.6 Å². The third-order valence-electron chi connectivity index (χ3n) is 3.96. The summed E-state index contributed by atoms with van der Waals surface area (Å²) in [6.45, 7) is 5.94. The highest BCUT2D eigenvalue weighted by atomic mass is 19.1. The molecule has 1 N–H and O–H groups in total. The molecule has 0 aliphatic rings. The highest BCUT2D eigenvalue weighted by Crippen LogP contribution is 2.33. The number of anilines is 2. The van der Waals surface area contributed by atoms with Crippen LogP contribution in [0.15, 0.2) is 36.5 Å². The highest BCUT2D eigenvalue weighted by Gasteiger charge is 2.14. The summed E-state index contributed by atoms with van der Waals surface area (Å²) in [4.78, 5) is 9.01. The molecule has 4 nitrogen and oxygen atoms in total. The number of fused-ring (bicyclic) bond motifs is 1. The second kappa shape index (κ2) is 6.43. The van der Waals surface area contributed by atoms with E-state index in [0.29, 0.717) is 11.5 Å². The predicted molar refractivity (Wildman–Crippen MR) is 94.6 cm³/mol. The van der Waals surface area contributed by atoms with Gasteiger partial charge in [0.1, 0.15) is 11.6 Å². The summed E-state index contributed by atoms with van der Waals surface area (Å²) in [5.74, 6) is 1.33. The second-order valence-electron chi connectivity index (χ2n) is 6.06. The van der Waals surface area contributed by atoms with Crippen LogP contribution in [0.3, 0.4) is 0 Å². The normalized spacial score (nSPS) is 11.1. The average molecular weight is 325 g/mol. The summed E-state index contributed by atoms with van der Waals surface area (Å²) in [7, 11) is 1.66. The van der Waals surface area contributed by atoms with Gasteiger partial charge in [-0.15, -0.1) is 0 Å². The monoisotopic (exact) mass is 325 g/mol. The first kappa shape index (κ1) is 16.2. The molecule has 1 heterocycles. The lowest BCUT2D eigenvalue weighted by atomic mass is 9.99. The van der Waals surface area contributed by atoms with Crippen LogP contribution < -0.4 is 10.1 Å². The first-order valence-corrected chi connectivity index (χ1v) is 7.86. The molecule has 124 valence electrons. The lowest BCUT2D eigenvalue weighted by Crippen LogP contribution is -2.02. The molecular formula is C19H20FN3O. The van der Waals surface area contributed by atoms with Crippen LogP contribution in [0.2, 0.25) is 0 Å². The topological polar surface area (TPSA) is 47.0 Å². The summed E-state index contributed by atoms with van der Waals surface area (Å²) >= 11 is 0. The highest BCUT2D eigenvalue weighted by molar-refractivity contribution is 5.85.